The van der Waals surface area contributed by atoms with E-state index in [1.54, 1.807) is 0 Å². The molecule has 3 unspecified atom stereocenters. The third-order valence-electron chi connectivity index (χ3n) is 3.95. The first-order valence-corrected chi connectivity index (χ1v) is 7.22. The second kappa shape index (κ2) is 6.55. The molecule has 0 radical (unpaired) electrons. The summed E-state index contributed by atoms with van der Waals surface area (Å²) in [6, 6.07) is 8.04. The first-order chi connectivity index (χ1) is 8.68. The molecular formula is C15H22ClNO. The van der Waals surface area contributed by atoms with Crippen molar-refractivity contribution in [1.29, 1.82) is 0 Å². The van der Waals surface area contributed by atoms with Gasteiger partial charge in [0.15, 0.2) is 0 Å². The van der Waals surface area contributed by atoms with Crippen LogP contribution in [0.25, 0.3) is 0 Å². The summed E-state index contributed by atoms with van der Waals surface area (Å²) in [6.45, 7) is 2.87. The summed E-state index contributed by atoms with van der Waals surface area (Å²) in [5.74, 6) is 0.706. The van der Waals surface area contributed by atoms with Gasteiger partial charge in [0.05, 0.1) is 6.10 Å². The fraction of sp³-hybridized carbons (Fsp3) is 0.600. The maximum absolute atomic E-state index is 10.2. The van der Waals surface area contributed by atoms with E-state index in [0.717, 1.165) is 5.56 Å². The lowest BCUT2D eigenvalue weighted by Gasteiger charge is -2.30. The van der Waals surface area contributed by atoms with Crippen LogP contribution in [0.1, 0.15) is 44.3 Å². The molecule has 0 amide bonds. The Kier molecular flexibility index (Phi) is 5.04. The molecule has 0 spiro atoms. The van der Waals surface area contributed by atoms with E-state index in [1.165, 1.54) is 25.7 Å². The zero-order chi connectivity index (χ0) is 13.0. The lowest BCUT2D eigenvalue weighted by molar-refractivity contribution is 0.157. The maximum Gasteiger partial charge on any atom is 0.0928 e. The molecule has 1 saturated carbocycles. The van der Waals surface area contributed by atoms with E-state index < -0.39 is 6.10 Å². The highest BCUT2D eigenvalue weighted by Crippen LogP contribution is 2.25. The Morgan fingerprint density at radius 1 is 1.33 bits per heavy atom. The van der Waals surface area contributed by atoms with Gasteiger partial charge in [-0.2, -0.15) is 0 Å². The predicted molar refractivity (Wildman–Crippen MR) is 75.8 cm³/mol. The van der Waals surface area contributed by atoms with Crippen molar-refractivity contribution in [3.63, 3.8) is 0 Å². The lowest BCUT2D eigenvalue weighted by atomic mass is 9.86. The number of hydrogen-bond donors (Lipinski definition) is 2. The van der Waals surface area contributed by atoms with E-state index >= 15 is 0 Å². The highest BCUT2D eigenvalue weighted by molar-refractivity contribution is 6.31. The Morgan fingerprint density at radius 2 is 2.06 bits per heavy atom. The van der Waals surface area contributed by atoms with Crippen molar-refractivity contribution in [3.05, 3.63) is 34.9 Å². The van der Waals surface area contributed by atoms with E-state index in [-0.39, 0.29) is 0 Å². The fourth-order valence-corrected chi connectivity index (χ4v) is 3.00. The average Bonchev–Trinajstić information content (AvgIpc) is 2.38. The third kappa shape index (κ3) is 3.47. The van der Waals surface area contributed by atoms with Gasteiger partial charge in [-0.1, -0.05) is 49.6 Å². The Balaban J connectivity index is 1.88. The quantitative estimate of drug-likeness (QED) is 0.875. The van der Waals surface area contributed by atoms with Crippen LogP contribution in [0.5, 0.6) is 0 Å². The smallest absolute Gasteiger partial charge is 0.0928 e. The molecule has 0 heterocycles. The van der Waals surface area contributed by atoms with Crippen molar-refractivity contribution in [2.45, 2.75) is 44.8 Å². The molecule has 3 heteroatoms. The maximum atomic E-state index is 10.2. The van der Waals surface area contributed by atoms with E-state index in [0.29, 0.717) is 23.5 Å². The minimum absolute atomic E-state index is 0.521. The van der Waals surface area contributed by atoms with Crippen LogP contribution in [-0.4, -0.2) is 17.7 Å². The molecule has 2 nitrogen and oxygen atoms in total. The van der Waals surface area contributed by atoms with Crippen molar-refractivity contribution in [2.24, 2.45) is 5.92 Å². The molecule has 100 valence electrons. The van der Waals surface area contributed by atoms with Gasteiger partial charge in [0, 0.05) is 23.2 Å². The first-order valence-electron chi connectivity index (χ1n) is 6.84. The Hall–Kier alpha value is -0.570. The van der Waals surface area contributed by atoms with Gasteiger partial charge in [0.1, 0.15) is 0 Å². The molecule has 2 N–H and O–H groups in total. The molecule has 1 aliphatic rings. The van der Waals surface area contributed by atoms with Crippen LogP contribution in [0, 0.1) is 5.92 Å². The minimum atomic E-state index is -0.521. The third-order valence-corrected chi connectivity index (χ3v) is 4.29. The van der Waals surface area contributed by atoms with Gasteiger partial charge in [0.2, 0.25) is 0 Å². The van der Waals surface area contributed by atoms with E-state index in [2.05, 4.69) is 12.2 Å². The van der Waals surface area contributed by atoms with Crippen LogP contribution in [-0.2, 0) is 0 Å². The molecule has 1 aromatic carbocycles. The van der Waals surface area contributed by atoms with Gasteiger partial charge in [-0.05, 0) is 24.8 Å². The van der Waals surface area contributed by atoms with Crippen LogP contribution in [0.15, 0.2) is 24.3 Å². The fourth-order valence-electron chi connectivity index (χ4n) is 2.74. The normalized spacial score (nSPS) is 25.9. The number of aliphatic hydroxyl groups excluding tert-OH is 1. The summed E-state index contributed by atoms with van der Waals surface area (Å²) >= 11 is 6.08. The summed E-state index contributed by atoms with van der Waals surface area (Å²) in [6.07, 6.45) is 4.63. The van der Waals surface area contributed by atoms with Gasteiger partial charge in [-0.15, -0.1) is 0 Å². The SMILES string of the molecule is CC1CCCCC1NCC(O)c1ccccc1Cl. The van der Waals surface area contributed by atoms with Crippen LogP contribution in [0.2, 0.25) is 5.02 Å². The minimum Gasteiger partial charge on any atom is -0.387 e. The average molecular weight is 268 g/mol. The molecule has 0 bridgehead atoms. The number of nitrogens with one attached hydrogen (secondary N) is 1. The Labute approximate surface area is 114 Å². The standard InChI is InChI=1S/C15H22ClNO/c1-11-6-2-5-9-14(11)17-10-15(18)12-7-3-4-8-13(12)16/h3-4,7-8,11,14-15,17-18H,2,5-6,9-10H2,1H3. The number of rotatable bonds is 4. The predicted octanol–water partition coefficient (Wildman–Crippen LogP) is 3.54. The molecule has 1 aliphatic carbocycles. The van der Waals surface area contributed by atoms with Crippen LogP contribution < -0.4 is 5.32 Å². The number of hydrogen-bond acceptors (Lipinski definition) is 2. The second-order valence-electron chi connectivity index (χ2n) is 5.31. The van der Waals surface area contributed by atoms with E-state index in [4.69, 9.17) is 11.6 Å². The molecule has 0 aliphatic heterocycles. The summed E-state index contributed by atoms with van der Waals surface area (Å²) in [5, 5.41) is 14.3. The molecule has 2 rings (SSSR count). The molecule has 0 saturated heterocycles. The molecule has 1 aromatic rings. The van der Waals surface area contributed by atoms with E-state index in [9.17, 15) is 5.11 Å². The first kappa shape index (κ1) is 13.9. The highest BCUT2D eigenvalue weighted by atomic mass is 35.5. The number of benzene rings is 1. The second-order valence-corrected chi connectivity index (χ2v) is 5.72. The largest absolute Gasteiger partial charge is 0.387 e. The van der Waals surface area contributed by atoms with Gasteiger partial charge in [-0.25, -0.2) is 0 Å². The lowest BCUT2D eigenvalue weighted by Crippen LogP contribution is -2.39. The molecular weight excluding hydrogens is 246 g/mol. The van der Waals surface area contributed by atoms with Gasteiger partial charge < -0.3 is 10.4 Å². The molecule has 0 aromatic heterocycles. The zero-order valence-electron chi connectivity index (χ0n) is 10.9. The van der Waals surface area contributed by atoms with Gasteiger partial charge >= 0.3 is 0 Å². The Morgan fingerprint density at radius 3 is 2.78 bits per heavy atom. The van der Waals surface area contributed by atoms with Crippen molar-refractivity contribution in [3.8, 4) is 0 Å². The topological polar surface area (TPSA) is 32.3 Å². The summed E-state index contributed by atoms with van der Waals surface area (Å²) in [4.78, 5) is 0. The van der Waals surface area contributed by atoms with E-state index in [1.807, 2.05) is 24.3 Å². The Bertz CT molecular complexity index is 383. The highest BCUT2D eigenvalue weighted by Gasteiger charge is 2.22. The van der Waals surface area contributed by atoms with Crippen LogP contribution in [0.3, 0.4) is 0 Å². The van der Waals surface area contributed by atoms with Crippen molar-refractivity contribution in [2.75, 3.05) is 6.54 Å². The van der Waals surface area contributed by atoms with Crippen molar-refractivity contribution in [1.82, 2.24) is 5.32 Å². The van der Waals surface area contributed by atoms with Crippen LogP contribution >= 0.6 is 11.6 Å². The van der Waals surface area contributed by atoms with Gasteiger partial charge in [-0.3, -0.25) is 0 Å². The molecule has 18 heavy (non-hydrogen) atoms. The van der Waals surface area contributed by atoms with Crippen molar-refractivity contribution < 1.29 is 5.11 Å². The number of halogens is 1. The van der Waals surface area contributed by atoms with Gasteiger partial charge in [0.25, 0.3) is 0 Å². The summed E-state index contributed by atoms with van der Waals surface area (Å²) in [5.41, 5.74) is 0.815. The summed E-state index contributed by atoms with van der Waals surface area (Å²) in [7, 11) is 0. The van der Waals surface area contributed by atoms with Crippen molar-refractivity contribution >= 4 is 11.6 Å². The van der Waals surface area contributed by atoms with Crippen LogP contribution in [0.4, 0.5) is 0 Å². The number of aliphatic hydroxyl groups is 1. The molecule has 3 atom stereocenters. The zero-order valence-corrected chi connectivity index (χ0v) is 11.7. The monoisotopic (exact) mass is 267 g/mol. The summed E-state index contributed by atoms with van der Waals surface area (Å²) < 4.78 is 0. The molecule has 1 fully saturated rings.